The summed E-state index contributed by atoms with van der Waals surface area (Å²) >= 11 is 0. The fourth-order valence-corrected chi connectivity index (χ4v) is 1.26. The summed E-state index contributed by atoms with van der Waals surface area (Å²) in [6.07, 6.45) is 3.14. The van der Waals surface area contributed by atoms with Crippen molar-refractivity contribution in [3.8, 4) is 0 Å². The molecule has 1 aliphatic rings. The summed E-state index contributed by atoms with van der Waals surface area (Å²) in [4.78, 5) is 0. The predicted molar refractivity (Wildman–Crippen MR) is 31.3 cm³/mol. The van der Waals surface area contributed by atoms with Gasteiger partial charge < -0.3 is 5.73 Å². The molecule has 2 N–H and O–H groups in total. The quantitative estimate of drug-likeness (QED) is 0.546. The molecule has 1 aliphatic carbocycles. The molecule has 0 aromatic rings. The number of halogens is 1. The van der Waals surface area contributed by atoms with Crippen LogP contribution in [0.4, 0.5) is 4.39 Å². The first-order valence-corrected chi connectivity index (χ1v) is 3.16. The van der Waals surface area contributed by atoms with E-state index in [-0.39, 0.29) is 18.6 Å². The third-order valence-corrected chi connectivity index (χ3v) is 1.92. The Hall–Kier alpha value is -0.110. The van der Waals surface area contributed by atoms with Crippen molar-refractivity contribution in [1.29, 1.82) is 0 Å². The maximum atomic E-state index is 11.9. The molecular formula is C6H12FN. The maximum Gasteiger partial charge on any atom is 0.0937 e. The van der Waals surface area contributed by atoms with Crippen molar-refractivity contribution < 1.29 is 4.39 Å². The lowest BCUT2D eigenvalue weighted by molar-refractivity contribution is 0.342. The van der Waals surface area contributed by atoms with Gasteiger partial charge in [-0.25, -0.2) is 0 Å². The van der Waals surface area contributed by atoms with Crippen molar-refractivity contribution in [1.82, 2.24) is 0 Å². The van der Waals surface area contributed by atoms with Gasteiger partial charge in [-0.05, 0) is 12.8 Å². The van der Waals surface area contributed by atoms with Gasteiger partial charge in [0.25, 0.3) is 0 Å². The molecule has 0 bridgehead atoms. The van der Waals surface area contributed by atoms with Crippen LogP contribution in [0.2, 0.25) is 0 Å². The van der Waals surface area contributed by atoms with Crippen LogP contribution in [0.3, 0.4) is 0 Å². The summed E-state index contributed by atoms with van der Waals surface area (Å²) in [6.45, 7) is -0.221. The van der Waals surface area contributed by atoms with E-state index in [0.717, 1.165) is 19.3 Å². The number of rotatable bonds is 1. The summed E-state index contributed by atoms with van der Waals surface area (Å²) in [7, 11) is 0. The smallest absolute Gasteiger partial charge is 0.0937 e. The number of hydrogen-bond acceptors (Lipinski definition) is 1. The number of hydrogen-bond donors (Lipinski definition) is 1. The van der Waals surface area contributed by atoms with Gasteiger partial charge in [0, 0.05) is 12.0 Å². The Balaban J connectivity index is 2.30. The second-order valence-electron chi connectivity index (χ2n) is 2.51. The van der Waals surface area contributed by atoms with Crippen LogP contribution in [0.15, 0.2) is 0 Å². The highest BCUT2D eigenvalue weighted by Crippen LogP contribution is 2.23. The van der Waals surface area contributed by atoms with Gasteiger partial charge in [0.15, 0.2) is 0 Å². The van der Waals surface area contributed by atoms with Gasteiger partial charge in [-0.1, -0.05) is 6.42 Å². The number of alkyl halides is 1. The second-order valence-corrected chi connectivity index (χ2v) is 2.51. The minimum atomic E-state index is -0.221. The monoisotopic (exact) mass is 117 g/mol. The van der Waals surface area contributed by atoms with Crippen LogP contribution in [-0.4, -0.2) is 12.7 Å². The van der Waals surface area contributed by atoms with E-state index in [1.54, 1.807) is 0 Å². The van der Waals surface area contributed by atoms with E-state index in [1.807, 2.05) is 0 Å². The van der Waals surface area contributed by atoms with Crippen LogP contribution in [0.1, 0.15) is 19.3 Å². The van der Waals surface area contributed by atoms with Crippen molar-refractivity contribution in [3.05, 3.63) is 0 Å². The summed E-state index contributed by atoms with van der Waals surface area (Å²) in [5.41, 5.74) is 5.55. The highest BCUT2D eigenvalue weighted by atomic mass is 19.1. The SMILES string of the molecule is N[C@@H]1CCC[C@H]1CF. The van der Waals surface area contributed by atoms with Crippen LogP contribution in [0.25, 0.3) is 0 Å². The molecule has 2 atom stereocenters. The molecule has 0 aromatic heterocycles. The van der Waals surface area contributed by atoms with Gasteiger partial charge in [-0.3, -0.25) is 4.39 Å². The molecule has 1 rings (SSSR count). The molecule has 1 fully saturated rings. The zero-order chi connectivity index (χ0) is 5.98. The first kappa shape index (κ1) is 6.02. The Morgan fingerprint density at radius 3 is 2.50 bits per heavy atom. The van der Waals surface area contributed by atoms with E-state index in [9.17, 15) is 4.39 Å². The average molecular weight is 117 g/mol. The zero-order valence-corrected chi connectivity index (χ0v) is 4.94. The molecule has 8 heavy (non-hydrogen) atoms. The molecule has 0 aromatic carbocycles. The van der Waals surface area contributed by atoms with Crippen LogP contribution >= 0.6 is 0 Å². The molecule has 0 aliphatic heterocycles. The first-order chi connectivity index (χ1) is 3.84. The van der Waals surface area contributed by atoms with E-state index in [0.29, 0.717) is 0 Å². The van der Waals surface area contributed by atoms with E-state index in [4.69, 9.17) is 5.73 Å². The van der Waals surface area contributed by atoms with Crippen molar-refractivity contribution in [2.24, 2.45) is 11.7 Å². The lowest BCUT2D eigenvalue weighted by atomic mass is 10.1. The Kier molecular flexibility index (Phi) is 1.84. The average Bonchev–Trinajstić information content (AvgIpc) is 2.14. The van der Waals surface area contributed by atoms with Crippen LogP contribution < -0.4 is 5.73 Å². The third kappa shape index (κ3) is 0.996. The molecule has 0 spiro atoms. The normalized spacial score (nSPS) is 38.2. The Morgan fingerprint density at radius 2 is 2.25 bits per heavy atom. The largest absolute Gasteiger partial charge is 0.327 e. The van der Waals surface area contributed by atoms with Crippen LogP contribution in [-0.2, 0) is 0 Å². The standard InChI is InChI=1S/C6H12FN/c7-4-5-2-1-3-6(5)8/h5-6H,1-4,8H2/t5-,6+/m0/s1. The minimum Gasteiger partial charge on any atom is -0.327 e. The molecule has 0 unspecified atom stereocenters. The van der Waals surface area contributed by atoms with Crippen molar-refractivity contribution in [2.75, 3.05) is 6.67 Å². The van der Waals surface area contributed by atoms with E-state index >= 15 is 0 Å². The fourth-order valence-electron chi connectivity index (χ4n) is 1.26. The van der Waals surface area contributed by atoms with Gasteiger partial charge in [0.2, 0.25) is 0 Å². The van der Waals surface area contributed by atoms with E-state index < -0.39 is 0 Å². The molecule has 2 heteroatoms. The number of nitrogens with two attached hydrogens (primary N) is 1. The second kappa shape index (κ2) is 2.44. The van der Waals surface area contributed by atoms with Crippen molar-refractivity contribution in [2.45, 2.75) is 25.3 Å². The van der Waals surface area contributed by atoms with Crippen LogP contribution in [0, 0.1) is 5.92 Å². The zero-order valence-electron chi connectivity index (χ0n) is 4.94. The third-order valence-electron chi connectivity index (χ3n) is 1.92. The van der Waals surface area contributed by atoms with Gasteiger partial charge in [-0.15, -0.1) is 0 Å². The molecule has 0 heterocycles. The Bertz CT molecular complexity index is 74.9. The lowest BCUT2D eigenvalue weighted by Gasteiger charge is -2.08. The first-order valence-electron chi connectivity index (χ1n) is 3.16. The maximum absolute atomic E-state index is 11.9. The molecule has 0 radical (unpaired) electrons. The molecular weight excluding hydrogens is 105 g/mol. The predicted octanol–water partition coefficient (Wildman–Crippen LogP) is 1.08. The van der Waals surface area contributed by atoms with Crippen LogP contribution in [0.5, 0.6) is 0 Å². The molecule has 1 nitrogen and oxygen atoms in total. The van der Waals surface area contributed by atoms with E-state index in [2.05, 4.69) is 0 Å². The topological polar surface area (TPSA) is 26.0 Å². The summed E-state index contributed by atoms with van der Waals surface area (Å²) in [6, 6.07) is 0.153. The molecule has 48 valence electrons. The van der Waals surface area contributed by atoms with Gasteiger partial charge in [0.05, 0.1) is 6.67 Å². The molecule has 0 saturated heterocycles. The highest BCUT2D eigenvalue weighted by molar-refractivity contribution is 4.78. The lowest BCUT2D eigenvalue weighted by Crippen LogP contribution is -2.25. The highest BCUT2D eigenvalue weighted by Gasteiger charge is 2.22. The summed E-state index contributed by atoms with van der Waals surface area (Å²) in [5.74, 6) is 0.176. The Morgan fingerprint density at radius 1 is 1.50 bits per heavy atom. The molecule has 0 amide bonds. The Labute approximate surface area is 49.1 Å². The minimum absolute atomic E-state index is 0.153. The summed E-state index contributed by atoms with van der Waals surface area (Å²) < 4.78 is 11.9. The fraction of sp³-hybridized carbons (Fsp3) is 1.00. The van der Waals surface area contributed by atoms with Gasteiger partial charge in [0.1, 0.15) is 0 Å². The van der Waals surface area contributed by atoms with Crippen molar-refractivity contribution >= 4 is 0 Å². The van der Waals surface area contributed by atoms with E-state index in [1.165, 1.54) is 0 Å². The van der Waals surface area contributed by atoms with Crippen molar-refractivity contribution in [3.63, 3.8) is 0 Å². The van der Waals surface area contributed by atoms with Gasteiger partial charge in [-0.2, -0.15) is 0 Å². The molecule has 1 saturated carbocycles. The summed E-state index contributed by atoms with van der Waals surface area (Å²) in [5, 5.41) is 0. The van der Waals surface area contributed by atoms with Gasteiger partial charge >= 0.3 is 0 Å².